The summed E-state index contributed by atoms with van der Waals surface area (Å²) in [4.78, 5) is 12.3. The van der Waals surface area contributed by atoms with Crippen molar-refractivity contribution in [1.29, 1.82) is 0 Å². The summed E-state index contributed by atoms with van der Waals surface area (Å²) in [5.41, 5.74) is 1.13. The third kappa shape index (κ3) is 4.25. The number of aromatic nitrogens is 1. The Hall–Kier alpha value is -1.56. The molecular formula is C16H19Cl2N3O2. The third-order valence-electron chi connectivity index (χ3n) is 3.95. The lowest BCUT2D eigenvalue weighted by Crippen LogP contribution is -2.51. The molecule has 0 bridgehead atoms. The van der Waals surface area contributed by atoms with Crippen LogP contribution in [-0.2, 0) is 0 Å². The first-order valence-electron chi connectivity index (χ1n) is 7.40. The van der Waals surface area contributed by atoms with Gasteiger partial charge in [0, 0.05) is 28.7 Å². The van der Waals surface area contributed by atoms with Gasteiger partial charge in [0.2, 0.25) is 0 Å². The van der Waals surface area contributed by atoms with Crippen LogP contribution in [0.4, 0.5) is 0 Å². The van der Waals surface area contributed by atoms with E-state index >= 15 is 0 Å². The summed E-state index contributed by atoms with van der Waals surface area (Å²) in [6.45, 7) is 3.07. The molecule has 0 saturated carbocycles. The Kier molecular flexibility index (Phi) is 6.04. The predicted octanol–water partition coefficient (Wildman–Crippen LogP) is 3.29. The maximum Gasteiger partial charge on any atom is 0.273 e. The van der Waals surface area contributed by atoms with Crippen LogP contribution in [0.15, 0.2) is 34.9 Å². The van der Waals surface area contributed by atoms with Gasteiger partial charge in [-0.15, -0.1) is 12.4 Å². The van der Waals surface area contributed by atoms with Crippen molar-refractivity contribution < 1.29 is 9.32 Å². The molecule has 7 heteroatoms. The molecule has 5 nitrogen and oxygen atoms in total. The van der Waals surface area contributed by atoms with Crippen LogP contribution in [0.1, 0.15) is 30.3 Å². The quantitative estimate of drug-likeness (QED) is 0.886. The molecule has 1 aromatic carbocycles. The van der Waals surface area contributed by atoms with E-state index in [9.17, 15) is 4.79 Å². The van der Waals surface area contributed by atoms with E-state index in [1.54, 1.807) is 18.2 Å². The van der Waals surface area contributed by atoms with Crippen molar-refractivity contribution in [1.82, 2.24) is 15.8 Å². The summed E-state index contributed by atoms with van der Waals surface area (Å²) in [6, 6.07) is 9.25. The lowest BCUT2D eigenvalue weighted by molar-refractivity contribution is 0.0910. The minimum Gasteiger partial charge on any atom is -0.355 e. The van der Waals surface area contributed by atoms with Crippen LogP contribution in [0.25, 0.3) is 11.3 Å². The Morgan fingerprint density at radius 3 is 2.83 bits per heavy atom. The summed E-state index contributed by atoms with van der Waals surface area (Å²) < 4.78 is 5.26. The van der Waals surface area contributed by atoms with Crippen LogP contribution in [0.3, 0.4) is 0 Å². The van der Waals surface area contributed by atoms with Crippen molar-refractivity contribution in [2.75, 3.05) is 6.54 Å². The monoisotopic (exact) mass is 355 g/mol. The van der Waals surface area contributed by atoms with Gasteiger partial charge < -0.3 is 15.2 Å². The third-order valence-corrected chi connectivity index (χ3v) is 4.20. The van der Waals surface area contributed by atoms with Gasteiger partial charge in [-0.3, -0.25) is 4.79 Å². The van der Waals surface area contributed by atoms with Gasteiger partial charge in [0.05, 0.1) is 0 Å². The summed E-state index contributed by atoms with van der Waals surface area (Å²) in [5.74, 6) is 0.348. The van der Waals surface area contributed by atoms with E-state index in [-0.39, 0.29) is 30.4 Å². The topological polar surface area (TPSA) is 67.2 Å². The summed E-state index contributed by atoms with van der Waals surface area (Å²) in [6.07, 6.45) is 2.03. The van der Waals surface area contributed by atoms with E-state index in [2.05, 4.69) is 22.7 Å². The van der Waals surface area contributed by atoms with E-state index in [4.69, 9.17) is 16.1 Å². The number of hydrogen-bond donors (Lipinski definition) is 2. The van der Waals surface area contributed by atoms with Gasteiger partial charge in [0.25, 0.3) is 5.91 Å². The lowest BCUT2D eigenvalue weighted by atomic mass is 10.00. The van der Waals surface area contributed by atoms with Gasteiger partial charge in [-0.25, -0.2) is 0 Å². The summed E-state index contributed by atoms with van der Waals surface area (Å²) in [5, 5.41) is 10.9. The van der Waals surface area contributed by atoms with Gasteiger partial charge in [0.15, 0.2) is 11.5 Å². The number of carbonyl (C=O) groups excluding carboxylic acids is 1. The first-order valence-corrected chi connectivity index (χ1v) is 7.78. The number of nitrogens with one attached hydrogen (secondary N) is 2. The first kappa shape index (κ1) is 17.8. The van der Waals surface area contributed by atoms with Crippen molar-refractivity contribution in [2.24, 2.45) is 0 Å². The van der Waals surface area contributed by atoms with Crippen LogP contribution >= 0.6 is 24.0 Å². The van der Waals surface area contributed by atoms with Crippen LogP contribution in [0.5, 0.6) is 0 Å². The lowest BCUT2D eigenvalue weighted by Gasteiger charge is -2.30. The summed E-state index contributed by atoms with van der Waals surface area (Å²) in [7, 11) is 0. The largest absolute Gasteiger partial charge is 0.355 e. The summed E-state index contributed by atoms with van der Waals surface area (Å²) >= 11 is 5.86. The second-order valence-corrected chi connectivity index (χ2v) is 5.98. The molecule has 1 aliphatic rings. The minimum atomic E-state index is -0.204. The highest BCUT2D eigenvalue weighted by Crippen LogP contribution is 2.22. The number of hydrogen-bond acceptors (Lipinski definition) is 4. The van der Waals surface area contributed by atoms with Crippen LogP contribution in [0, 0.1) is 0 Å². The zero-order chi connectivity index (χ0) is 15.5. The first-order chi connectivity index (χ1) is 10.6. The SMILES string of the molecule is CC1NCCCC1NC(=O)c1cc(-c2ccc(Cl)cc2)on1.Cl. The maximum atomic E-state index is 12.3. The maximum absolute atomic E-state index is 12.3. The predicted molar refractivity (Wildman–Crippen MR) is 92.1 cm³/mol. The Labute approximate surface area is 146 Å². The normalized spacial score (nSPS) is 20.6. The van der Waals surface area contributed by atoms with E-state index in [1.807, 2.05) is 12.1 Å². The molecule has 0 aliphatic carbocycles. The van der Waals surface area contributed by atoms with Crippen molar-refractivity contribution in [3.05, 3.63) is 41.0 Å². The number of amides is 1. The van der Waals surface area contributed by atoms with Crippen LogP contribution in [0.2, 0.25) is 5.02 Å². The zero-order valence-electron chi connectivity index (χ0n) is 12.7. The Morgan fingerprint density at radius 1 is 1.39 bits per heavy atom. The smallest absolute Gasteiger partial charge is 0.273 e. The molecule has 1 fully saturated rings. The fraction of sp³-hybridized carbons (Fsp3) is 0.375. The molecule has 1 amide bonds. The molecule has 2 atom stereocenters. The average Bonchev–Trinajstić information content (AvgIpc) is 3.00. The number of halogens is 2. The fourth-order valence-corrected chi connectivity index (χ4v) is 2.74. The highest BCUT2D eigenvalue weighted by Gasteiger charge is 2.24. The van der Waals surface area contributed by atoms with Gasteiger partial charge in [-0.1, -0.05) is 16.8 Å². The molecule has 3 rings (SSSR count). The molecule has 124 valence electrons. The van der Waals surface area contributed by atoms with Gasteiger partial charge in [0.1, 0.15) is 0 Å². The van der Waals surface area contributed by atoms with E-state index < -0.39 is 0 Å². The second-order valence-electron chi connectivity index (χ2n) is 5.55. The molecule has 0 radical (unpaired) electrons. The molecular weight excluding hydrogens is 337 g/mol. The van der Waals surface area contributed by atoms with Crippen LogP contribution < -0.4 is 10.6 Å². The molecule has 23 heavy (non-hydrogen) atoms. The molecule has 1 aliphatic heterocycles. The Balaban J connectivity index is 0.00000192. The van der Waals surface area contributed by atoms with Crippen molar-refractivity contribution in [2.45, 2.75) is 31.8 Å². The fourth-order valence-electron chi connectivity index (χ4n) is 2.62. The van der Waals surface area contributed by atoms with Crippen LogP contribution in [-0.4, -0.2) is 29.7 Å². The number of piperidine rings is 1. The molecule has 1 saturated heterocycles. The molecule has 0 spiro atoms. The number of rotatable bonds is 3. The molecule has 2 aromatic rings. The highest BCUT2D eigenvalue weighted by atomic mass is 35.5. The molecule has 2 heterocycles. The average molecular weight is 356 g/mol. The van der Waals surface area contributed by atoms with Gasteiger partial charge in [-0.05, 0) is 50.6 Å². The van der Waals surface area contributed by atoms with Crippen molar-refractivity contribution in [3.63, 3.8) is 0 Å². The van der Waals surface area contributed by atoms with E-state index in [0.29, 0.717) is 16.5 Å². The van der Waals surface area contributed by atoms with E-state index in [1.165, 1.54) is 0 Å². The Morgan fingerprint density at radius 2 is 2.13 bits per heavy atom. The molecule has 2 N–H and O–H groups in total. The van der Waals surface area contributed by atoms with Crippen molar-refractivity contribution >= 4 is 29.9 Å². The van der Waals surface area contributed by atoms with Gasteiger partial charge in [-0.2, -0.15) is 0 Å². The second kappa shape index (κ2) is 7.81. The number of nitrogens with zero attached hydrogens (tertiary/aromatic N) is 1. The van der Waals surface area contributed by atoms with Gasteiger partial charge >= 0.3 is 0 Å². The standard InChI is InChI=1S/C16H18ClN3O2.ClH/c1-10-13(3-2-8-18-10)19-16(21)14-9-15(22-20-14)11-4-6-12(17)7-5-11;/h4-7,9-10,13,18H,2-3,8H2,1H3,(H,19,21);1H. The van der Waals surface area contributed by atoms with Crippen molar-refractivity contribution in [3.8, 4) is 11.3 Å². The minimum absolute atomic E-state index is 0. The number of benzene rings is 1. The Bertz CT molecular complexity index is 658. The highest BCUT2D eigenvalue weighted by molar-refractivity contribution is 6.30. The number of carbonyl (C=O) groups is 1. The molecule has 2 unspecified atom stereocenters. The molecule has 1 aromatic heterocycles. The van der Waals surface area contributed by atoms with E-state index in [0.717, 1.165) is 24.9 Å². The zero-order valence-corrected chi connectivity index (χ0v) is 14.3.